The van der Waals surface area contributed by atoms with E-state index in [0.717, 1.165) is 12.1 Å². The molecule has 0 aliphatic rings. The van der Waals surface area contributed by atoms with Crippen molar-refractivity contribution in [2.75, 3.05) is 0 Å². The van der Waals surface area contributed by atoms with Crippen LogP contribution in [0.2, 0.25) is 0 Å². The molecule has 22 heavy (non-hydrogen) atoms. The summed E-state index contributed by atoms with van der Waals surface area (Å²) in [6.07, 6.45) is -1.63. The molecule has 7 heteroatoms. The molecule has 0 radical (unpaired) electrons. The molecule has 0 unspecified atom stereocenters. The Hall–Kier alpha value is -2.70. The van der Waals surface area contributed by atoms with Crippen LogP contribution in [0.15, 0.2) is 41.1 Å². The lowest BCUT2D eigenvalue weighted by Crippen LogP contribution is -2.03. The minimum atomic E-state index is -4.45. The van der Waals surface area contributed by atoms with Crippen molar-refractivity contribution in [2.45, 2.75) is 13.1 Å². The van der Waals surface area contributed by atoms with Gasteiger partial charge in [0.05, 0.1) is 11.1 Å². The maximum absolute atomic E-state index is 12.7. The first-order valence-electron chi connectivity index (χ1n) is 6.29. The van der Waals surface area contributed by atoms with Crippen LogP contribution < -0.4 is 0 Å². The summed E-state index contributed by atoms with van der Waals surface area (Å²) in [7, 11) is 0. The van der Waals surface area contributed by atoms with E-state index in [1.165, 1.54) is 31.5 Å². The summed E-state index contributed by atoms with van der Waals surface area (Å²) < 4.78 is 43.6. The number of carbonyl (C=O) groups is 1. The number of hydrogen-bond donors (Lipinski definition) is 0. The maximum Gasteiger partial charge on any atom is 0.416 e. The van der Waals surface area contributed by atoms with Crippen molar-refractivity contribution in [1.29, 1.82) is 0 Å². The molecule has 3 aromatic rings. The Morgan fingerprint density at radius 3 is 2.68 bits per heavy atom. The number of alkyl halides is 3. The highest BCUT2D eigenvalue weighted by Gasteiger charge is 2.31. The predicted molar refractivity (Wildman–Crippen MR) is 72.2 cm³/mol. The molecule has 0 bridgehead atoms. The fourth-order valence-electron chi connectivity index (χ4n) is 2.08. The highest BCUT2D eigenvalue weighted by Crippen LogP contribution is 2.33. The first-order chi connectivity index (χ1) is 10.4. The Kier molecular flexibility index (Phi) is 3.20. The second-order valence-electron chi connectivity index (χ2n) is 4.68. The summed E-state index contributed by atoms with van der Waals surface area (Å²) >= 11 is 0. The van der Waals surface area contributed by atoms with E-state index in [9.17, 15) is 18.0 Å². The average molecular weight is 306 g/mol. The van der Waals surface area contributed by atoms with Gasteiger partial charge in [-0.15, -0.1) is 0 Å². The standard InChI is InChI=1S/C15H9F3N2O2/c1-8(21)11-7-19-5-4-10(11)14-20-12-6-9(15(16,17)18)2-3-13(12)22-14/h2-7H,1H3. The van der Waals surface area contributed by atoms with Crippen molar-refractivity contribution >= 4 is 16.9 Å². The number of nitrogens with zero attached hydrogens (tertiary/aromatic N) is 2. The second-order valence-corrected chi connectivity index (χ2v) is 4.68. The highest BCUT2D eigenvalue weighted by atomic mass is 19.4. The normalized spacial score (nSPS) is 11.8. The van der Waals surface area contributed by atoms with Gasteiger partial charge in [0, 0.05) is 18.0 Å². The Balaban J connectivity index is 2.16. The van der Waals surface area contributed by atoms with Crippen molar-refractivity contribution in [3.63, 3.8) is 0 Å². The minimum absolute atomic E-state index is 0.0798. The number of benzene rings is 1. The second kappa shape index (κ2) is 4.94. The molecule has 3 rings (SSSR count). The molecule has 0 amide bonds. The predicted octanol–water partition coefficient (Wildman–Crippen LogP) is 4.11. The average Bonchev–Trinajstić information content (AvgIpc) is 2.89. The number of fused-ring (bicyclic) bond motifs is 1. The molecule has 0 spiro atoms. The van der Waals surface area contributed by atoms with E-state index < -0.39 is 11.7 Å². The van der Waals surface area contributed by atoms with Crippen molar-refractivity contribution in [3.8, 4) is 11.5 Å². The van der Waals surface area contributed by atoms with Crippen LogP contribution in [0.5, 0.6) is 0 Å². The first kappa shape index (κ1) is 14.2. The molecule has 112 valence electrons. The zero-order valence-corrected chi connectivity index (χ0v) is 11.3. The van der Waals surface area contributed by atoms with Gasteiger partial charge < -0.3 is 4.42 Å². The molecule has 4 nitrogen and oxygen atoms in total. The summed E-state index contributed by atoms with van der Waals surface area (Å²) in [5.74, 6) is -0.150. The van der Waals surface area contributed by atoms with E-state index in [1.807, 2.05) is 0 Å². The highest BCUT2D eigenvalue weighted by molar-refractivity contribution is 5.99. The van der Waals surface area contributed by atoms with Gasteiger partial charge in [0.15, 0.2) is 11.4 Å². The van der Waals surface area contributed by atoms with Crippen LogP contribution in [-0.2, 0) is 6.18 Å². The molecule has 0 saturated heterocycles. The Morgan fingerprint density at radius 2 is 2.00 bits per heavy atom. The van der Waals surface area contributed by atoms with Crippen molar-refractivity contribution < 1.29 is 22.4 Å². The molecule has 0 atom stereocenters. The fourth-order valence-corrected chi connectivity index (χ4v) is 2.08. The van der Waals surface area contributed by atoms with Crippen LogP contribution in [0.25, 0.3) is 22.6 Å². The van der Waals surface area contributed by atoms with Gasteiger partial charge in [0.25, 0.3) is 0 Å². The number of Topliss-reactive ketones (excluding diaryl/α,β-unsaturated/α-hetero) is 1. The van der Waals surface area contributed by atoms with Crippen LogP contribution in [0.4, 0.5) is 13.2 Å². The molecule has 0 saturated carbocycles. The van der Waals surface area contributed by atoms with Gasteiger partial charge in [-0.05, 0) is 31.2 Å². The van der Waals surface area contributed by atoms with Gasteiger partial charge in [-0.1, -0.05) is 0 Å². The summed E-state index contributed by atoms with van der Waals surface area (Å²) in [6, 6.07) is 4.59. The number of rotatable bonds is 2. The lowest BCUT2D eigenvalue weighted by Gasteiger charge is -2.04. The zero-order valence-electron chi connectivity index (χ0n) is 11.3. The third kappa shape index (κ3) is 2.45. The van der Waals surface area contributed by atoms with E-state index >= 15 is 0 Å². The van der Waals surface area contributed by atoms with Gasteiger partial charge in [0.1, 0.15) is 5.52 Å². The molecular weight excluding hydrogens is 297 g/mol. The van der Waals surface area contributed by atoms with Gasteiger partial charge in [0.2, 0.25) is 5.89 Å². The largest absolute Gasteiger partial charge is 0.436 e. The molecule has 0 aliphatic carbocycles. The van der Waals surface area contributed by atoms with E-state index in [0.29, 0.717) is 11.1 Å². The van der Waals surface area contributed by atoms with Crippen LogP contribution in [0, 0.1) is 0 Å². The van der Waals surface area contributed by atoms with Crippen molar-refractivity contribution in [3.05, 3.63) is 47.8 Å². The summed E-state index contributed by atoms with van der Waals surface area (Å²) in [4.78, 5) is 19.5. The monoisotopic (exact) mass is 306 g/mol. The SMILES string of the molecule is CC(=O)c1cnccc1-c1nc2cc(C(F)(F)F)ccc2o1. The van der Waals surface area contributed by atoms with Gasteiger partial charge in [-0.25, -0.2) is 4.98 Å². The van der Waals surface area contributed by atoms with Crippen LogP contribution in [0.1, 0.15) is 22.8 Å². The molecule has 0 fully saturated rings. The maximum atomic E-state index is 12.7. The number of aromatic nitrogens is 2. The lowest BCUT2D eigenvalue weighted by molar-refractivity contribution is -0.137. The van der Waals surface area contributed by atoms with E-state index in [1.54, 1.807) is 0 Å². The molecule has 0 aliphatic heterocycles. The number of halogens is 3. The van der Waals surface area contributed by atoms with E-state index in [2.05, 4.69) is 9.97 Å². The fraction of sp³-hybridized carbons (Fsp3) is 0.133. The Bertz CT molecular complexity index is 869. The number of carbonyl (C=O) groups excluding carboxylic acids is 1. The van der Waals surface area contributed by atoms with E-state index in [4.69, 9.17) is 4.42 Å². The van der Waals surface area contributed by atoms with Crippen LogP contribution in [0.3, 0.4) is 0 Å². The number of hydrogen-bond acceptors (Lipinski definition) is 4. The van der Waals surface area contributed by atoms with Crippen molar-refractivity contribution in [2.24, 2.45) is 0 Å². The number of pyridine rings is 1. The Morgan fingerprint density at radius 1 is 1.23 bits per heavy atom. The summed E-state index contributed by atoms with van der Waals surface area (Å²) in [5.41, 5.74) is 0.184. The topological polar surface area (TPSA) is 56.0 Å². The summed E-state index contributed by atoms with van der Waals surface area (Å²) in [5, 5.41) is 0. The van der Waals surface area contributed by atoms with Crippen LogP contribution >= 0.6 is 0 Å². The van der Waals surface area contributed by atoms with Gasteiger partial charge >= 0.3 is 6.18 Å². The minimum Gasteiger partial charge on any atom is -0.436 e. The third-order valence-corrected chi connectivity index (χ3v) is 3.15. The Labute approximate surface area is 122 Å². The summed E-state index contributed by atoms with van der Waals surface area (Å²) in [6.45, 7) is 1.37. The lowest BCUT2D eigenvalue weighted by atomic mass is 10.1. The van der Waals surface area contributed by atoms with Crippen molar-refractivity contribution in [1.82, 2.24) is 9.97 Å². The molecule has 2 heterocycles. The molecule has 2 aromatic heterocycles. The molecule has 1 aromatic carbocycles. The quantitative estimate of drug-likeness (QED) is 0.669. The first-order valence-corrected chi connectivity index (χ1v) is 6.29. The smallest absolute Gasteiger partial charge is 0.416 e. The van der Waals surface area contributed by atoms with E-state index in [-0.39, 0.29) is 22.8 Å². The third-order valence-electron chi connectivity index (χ3n) is 3.15. The van der Waals surface area contributed by atoms with Crippen LogP contribution in [-0.4, -0.2) is 15.8 Å². The number of oxazole rings is 1. The zero-order chi connectivity index (χ0) is 15.9. The molecule has 0 N–H and O–H groups in total. The van der Waals surface area contributed by atoms with Gasteiger partial charge in [-0.2, -0.15) is 13.2 Å². The number of ketones is 1. The molecular formula is C15H9F3N2O2. The van der Waals surface area contributed by atoms with Gasteiger partial charge in [-0.3, -0.25) is 9.78 Å².